The van der Waals surface area contributed by atoms with E-state index in [0.29, 0.717) is 24.2 Å². The number of rotatable bonds is 7. The fourth-order valence-electron chi connectivity index (χ4n) is 4.00. The van der Waals surface area contributed by atoms with Crippen molar-refractivity contribution in [3.8, 4) is 0 Å². The third kappa shape index (κ3) is 8.46. The van der Waals surface area contributed by atoms with Crippen LogP contribution in [-0.2, 0) is 17.5 Å². The van der Waals surface area contributed by atoms with E-state index in [1.165, 1.54) is 23.9 Å². The lowest BCUT2D eigenvalue weighted by Gasteiger charge is -2.21. The first kappa shape index (κ1) is 33.5. The molecule has 1 aliphatic rings. The summed E-state index contributed by atoms with van der Waals surface area (Å²) in [6.45, 7) is 16.5. The van der Waals surface area contributed by atoms with Gasteiger partial charge in [-0.2, -0.15) is 18.3 Å². The molecule has 1 N–H and O–H groups in total. The van der Waals surface area contributed by atoms with Crippen molar-refractivity contribution in [2.45, 2.75) is 74.2 Å². The van der Waals surface area contributed by atoms with Gasteiger partial charge >= 0.3 is 12.1 Å². The highest BCUT2D eigenvalue weighted by Gasteiger charge is 2.44. The first-order valence-corrected chi connectivity index (χ1v) is 13.2. The number of alkyl halides is 3. The molecule has 1 aliphatic heterocycles. The highest BCUT2D eigenvalue weighted by molar-refractivity contribution is 6.01. The van der Waals surface area contributed by atoms with Crippen LogP contribution in [0.3, 0.4) is 0 Å². The molecule has 7 nitrogen and oxygen atoms in total. The number of esters is 1. The Kier molecular flexibility index (Phi) is 13.0. The van der Waals surface area contributed by atoms with Crippen LogP contribution in [0.2, 0.25) is 0 Å². The first-order valence-electron chi connectivity index (χ1n) is 13.2. The summed E-state index contributed by atoms with van der Waals surface area (Å²) in [6.07, 6.45) is -0.926. The van der Waals surface area contributed by atoms with Gasteiger partial charge in [-0.1, -0.05) is 57.6 Å². The average Bonchev–Trinajstić information content (AvgIpc) is 3.50. The second kappa shape index (κ2) is 15.1. The van der Waals surface area contributed by atoms with Gasteiger partial charge < -0.3 is 15.0 Å². The lowest BCUT2D eigenvalue weighted by Crippen LogP contribution is -2.31. The molecular formula is C29H41F3N4O3. The lowest BCUT2D eigenvalue weighted by atomic mass is 10.1. The molecule has 0 aliphatic carbocycles. The van der Waals surface area contributed by atoms with E-state index in [2.05, 4.69) is 15.2 Å². The van der Waals surface area contributed by atoms with E-state index in [9.17, 15) is 22.8 Å². The van der Waals surface area contributed by atoms with Gasteiger partial charge in [-0.15, -0.1) is 0 Å². The maximum absolute atomic E-state index is 13.9. The number of allylic oxidation sites excluding steroid dienone is 2. The molecule has 39 heavy (non-hydrogen) atoms. The molecular weight excluding hydrogens is 509 g/mol. The molecule has 2 heterocycles. The van der Waals surface area contributed by atoms with E-state index in [0.717, 1.165) is 11.1 Å². The van der Waals surface area contributed by atoms with Crippen molar-refractivity contribution in [1.29, 1.82) is 0 Å². The summed E-state index contributed by atoms with van der Waals surface area (Å²) >= 11 is 0. The number of aromatic nitrogens is 2. The Balaban J connectivity index is 0.00000181. The molecule has 0 saturated heterocycles. The molecule has 1 amide bonds. The van der Waals surface area contributed by atoms with Crippen molar-refractivity contribution in [2.75, 3.05) is 25.1 Å². The van der Waals surface area contributed by atoms with Crippen LogP contribution in [0.4, 0.5) is 19.0 Å². The first-order chi connectivity index (χ1) is 18.5. The zero-order valence-corrected chi connectivity index (χ0v) is 24.4. The smallest absolute Gasteiger partial charge is 0.436 e. The number of benzene rings is 1. The van der Waals surface area contributed by atoms with E-state index >= 15 is 0 Å². The van der Waals surface area contributed by atoms with E-state index < -0.39 is 35.4 Å². The van der Waals surface area contributed by atoms with Crippen LogP contribution in [0.15, 0.2) is 47.6 Å². The molecule has 1 unspecified atom stereocenters. The number of hydrogen-bond donors (Lipinski definition) is 1. The van der Waals surface area contributed by atoms with Gasteiger partial charge in [0.2, 0.25) is 0 Å². The van der Waals surface area contributed by atoms with Crippen LogP contribution in [0.25, 0.3) is 0 Å². The van der Waals surface area contributed by atoms with Gasteiger partial charge in [-0.05, 0) is 51.0 Å². The fraction of sp³-hybridized carbons (Fsp3) is 0.483. The van der Waals surface area contributed by atoms with Crippen molar-refractivity contribution < 1.29 is 27.5 Å². The van der Waals surface area contributed by atoms with Crippen LogP contribution >= 0.6 is 0 Å². The Morgan fingerprint density at radius 3 is 2.18 bits per heavy atom. The highest BCUT2D eigenvalue weighted by Crippen LogP contribution is 2.38. The van der Waals surface area contributed by atoms with Crippen molar-refractivity contribution >= 4 is 17.7 Å². The largest absolute Gasteiger partial charge is 0.465 e. The molecule has 1 aromatic heterocycles. The molecule has 0 fully saturated rings. The third-order valence-corrected chi connectivity index (χ3v) is 5.70. The molecule has 2 aromatic rings. The predicted molar refractivity (Wildman–Crippen MR) is 149 cm³/mol. The minimum atomic E-state index is -4.79. The molecule has 0 radical (unpaired) electrons. The number of carbonyl (C=O) groups excluding carboxylic acids is 2. The number of amides is 1. The van der Waals surface area contributed by atoms with Gasteiger partial charge in [0.05, 0.1) is 25.3 Å². The van der Waals surface area contributed by atoms with Crippen molar-refractivity contribution in [3.05, 3.63) is 69.9 Å². The van der Waals surface area contributed by atoms with Crippen LogP contribution < -0.4 is 10.2 Å². The normalized spacial score (nSPS) is 13.2. The van der Waals surface area contributed by atoms with Gasteiger partial charge in [0, 0.05) is 13.1 Å². The summed E-state index contributed by atoms with van der Waals surface area (Å²) in [6, 6.07) is 5.69. The topological polar surface area (TPSA) is 76.5 Å². The van der Waals surface area contributed by atoms with Gasteiger partial charge in [-0.3, -0.25) is 4.79 Å². The number of ether oxygens (including phenoxy) is 1. The van der Waals surface area contributed by atoms with Crippen LogP contribution in [0.1, 0.15) is 93.4 Å². The van der Waals surface area contributed by atoms with Crippen molar-refractivity contribution in [1.82, 2.24) is 15.1 Å². The Morgan fingerprint density at radius 1 is 1.10 bits per heavy atom. The zero-order chi connectivity index (χ0) is 29.9. The highest BCUT2D eigenvalue weighted by atomic mass is 19.4. The van der Waals surface area contributed by atoms with Crippen LogP contribution in [-0.4, -0.2) is 41.9 Å². The minimum absolute atomic E-state index is 0.157. The molecule has 0 bridgehead atoms. The van der Waals surface area contributed by atoms with Gasteiger partial charge in [-0.25, -0.2) is 9.48 Å². The van der Waals surface area contributed by atoms with E-state index in [4.69, 9.17) is 0 Å². The molecule has 10 heteroatoms. The maximum atomic E-state index is 13.9. The Bertz CT molecular complexity index is 1160. The van der Waals surface area contributed by atoms with E-state index in [-0.39, 0.29) is 12.4 Å². The summed E-state index contributed by atoms with van der Waals surface area (Å²) in [7, 11) is 1.27. The number of methoxy groups -OCH3 is 1. The van der Waals surface area contributed by atoms with Crippen LogP contribution in [0.5, 0.6) is 0 Å². The van der Waals surface area contributed by atoms with E-state index in [1.807, 2.05) is 60.6 Å². The van der Waals surface area contributed by atoms with Gasteiger partial charge in [0.1, 0.15) is 11.4 Å². The summed E-state index contributed by atoms with van der Waals surface area (Å²) < 4.78 is 47.5. The second-order valence-electron chi connectivity index (χ2n) is 8.58. The monoisotopic (exact) mass is 550 g/mol. The number of carbonyl (C=O) groups is 2. The number of fused-ring (bicyclic) bond motifs is 1. The van der Waals surface area contributed by atoms with Crippen molar-refractivity contribution in [3.63, 3.8) is 0 Å². The van der Waals surface area contributed by atoms with Crippen LogP contribution in [0, 0.1) is 0 Å². The SMILES string of the molecule is C/C=C(\C=C(C)C)CN1CCn2nc(C(F)(F)F)c(C(=O)NC(C)c3ccc(C(=O)OC)cc3)c21.CC.CC. The van der Waals surface area contributed by atoms with E-state index in [1.54, 1.807) is 24.0 Å². The Labute approximate surface area is 229 Å². The summed E-state index contributed by atoms with van der Waals surface area (Å²) in [5, 5.41) is 6.41. The quantitative estimate of drug-likeness (QED) is 0.298. The summed E-state index contributed by atoms with van der Waals surface area (Å²) in [4.78, 5) is 26.6. The third-order valence-electron chi connectivity index (χ3n) is 5.70. The Morgan fingerprint density at radius 2 is 1.69 bits per heavy atom. The van der Waals surface area contributed by atoms with Gasteiger partial charge in [0.25, 0.3) is 5.91 Å². The number of hydrogen-bond acceptors (Lipinski definition) is 5. The minimum Gasteiger partial charge on any atom is -0.465 e. The summed E-state index contributed by atoms with van der Waals surface area (Å²) in [5.74, 6) is -1.21. The molecule has 1 aromatic carbocycles. The Hall–Kier alpha value is -3.56. The molecule has 1 atom stereocenters. The number of nitrogens with zero attached hydrogens (tertiary/aromatic N) is 3. The number of anilines is 1. The maximum Gasteiger partial charge on any atom is 0.436 e. The number of nitrogens with one attached hydrogen (secondary N) is 1. The lowest BCUT2D eigenvalue weighted by molar-refractivity contribution is -0.141. The predicted octanol–water partition coefficient (Wildman–Crippen LogP) is 6.96. The molecule has 216 valence electrons. The molecule has 3 rings (SSSR count). The number of halogens is 3. The average molecular weight is 551 g/mol. The molecule has 0 saturated carbocycles. The fourth-order valence-corrected chi connectivity index (χ4v) is 4.00. The van der Waals surface area contributed by atoms with Gasteiger partial charge in [0.15, 0.2) is 5.69 Å². The molecule has 0 spiro atoms. The second-order valence-corrected chi connectivity index (χ2v) is 8.58. The zero-order valence-electron chi connectivity index (χ0n) is 24.4. The summed E-state index contributed by atoms with van der Waals surface area (Å²) in [5.41, 5.74) is 1.26. The van der Waals surface area contributed by atoms with Crippen molar-refractivity contribution in [2.24, 2.45) is 0 Å². The standard InChI is InChI=1S/C25H29F3N4O3.2C2H6/c1-6-17(13-15(2)3)14-31-11-12-32-23(31)20(21(30-32)25(26,27)28)22(33)29-16(4)18-7-9-19(10-8-18)24(34)35-5;2*1-2/h6-10,13,16H,11-12,14H2,1-5H3,(H,29,33);2*1-2H3/b17-6+;;.